The van der Waals surface area contributed by atoms with Crippen LogP contribution in [0.15, 0.2) is 30.3 Å². The summed E-state index contributed by atoms with van der Waals surface area (Å²) in [6, 6.07) is 9.25. The number of benzene rings is 1. The fourth-order valence-corrected chi connectivity index (χ4v) is 3.96. The molecule has 0 saturated carbocycles. The van der Waals surface area contributed by atoms with Gasteiger partial charge in [-0.25, -0.2) is 0 Å². The van der Waals surface area contributed by atoms with Crippen LogP contribution in [0, 0.1) is 0 Å². The van der Waals surface area contributed by atoms with Crippen LogP contribution < -0.4 is 5.32 Å². The van der Waals surface area contributed by atoms with E-state index in [-0.39, 0.29) is 11.8 Å². The maximum absolute atomic E-state index is 12.8. The van der Waals surface area contributed by atoms with Gasteiger partial charge in [0.25, 0.3) is 5.91 Å². The molecule has 2 amide bonds. The summed E-state index contributed by atoms with van der Waals surface area (Å²) in [5.74, 6) is -0.0712. The van der Waals surface area contributed by atoms with Crippen LogP contribution >= 0.6 is 0 Å². The zero-order valence-electron chi connectivity index (χ0n) is 15.2. The van der Waals surface area contributed by atoms with Gasteiger partial charge in [0.1, 0.15) is 5.54 Å². The first-order valence-corrected chi connectivity index (χ1v) is 9.49. The fourth-order valence-electron chi connectivity index (χ4n) is 3.96. The minimum atomic E-state index is -0.741. The van der Waals surface area contributed by atoms with E-state index in [1.807, 2.05) is 37.3 Å². The molecule has 1 aromatic carbocycles. The van der Waals surface area contributed by atoms with Gasteiger partial charge in [-0.3, -0.25) is 9.59 Å². The smallest absolute Gasteiger partial charge is 0.254 e. The summed E-state index contributed by atoms with van der Waals surface area (Å²) in [4.78, 5) is 29.8. The standard InChI is InChI=1S/C20H29N3O2/c1-20(19(25)21-12-16-22-13-6-3-7-14-22)11-8-15-23(20)18(24)17-9-4-2-5-10-17/h2,4-5,9-10H,3,6-8,11-16H2,1H3,(H,21,25)/t20-/m0/s1. The summed E-state index contributed by atoms with van der Waals surface area (Å²) in [5.41, 5.74) is -0.0915. The molecule has 2 fully saturated rings. The summed E-state index contributed by atoms with van der Waals surface area (Å²) in [6.07, 6.45) is 5.42. The van der Waals surface area contributed by atoms with Crippen LogP contribution in [-0.4, -0.2) is 59.9 Å². The zero-order valence-corrected chi connectivity index (χ0v) is 15.2. The topological polar surface area (TPSA) is 52.7 Å². The summed E-state index contributed by atoms with van der Waals surface area (Å²) in [6.45, 7) is 6.36. The number of piperidine rings is 1. The first kappa shape index (κ1) is 17.9. The molecular formula is C20H29N3O2. The van der Waals surface area contributed by atoms with Crippen LogP contribution in [0.25, 0.3) is 0 Å². The average molecular weight is 343 g/mol. The molecule has 1 N–H and O–H groups in total. The van der Waals surface area contributed by atoms with Crippen molar-refractivity contribution in [2.24, 2.45) is 0 Å². The molecule has 0 spiro atoms. The highest BCUT2D eigenvalue weighted by molar-refractivity contribution is 5.99. The third kappa shape index (κ3) is 4.03. The second-order valence-electron chi connectivity index (χ2n) is 7.36. The molecule has 0 aromatic heterocycles. The van der Waals surface area contributed by atoms with Crippen molar-refractivity contribution in [3.63, 3.8) is 0 Å². The summed E-state index contributed by atoms with van der Waals surface area (Å²) in [7, 11) is 0. The molecule has 0 aliphatic carbocycles. The van der Waals surface area contributed by atoms with Crippen molar-refractivity contribution in [1.82, 2.24) is 15.1 Å². The highest BCUT2D eigenvalue weighted by atomic mass is 16.2. The highest BCUT2D eigenvalue weighted by Gasteiger charge is 2.45. The normalized spacial score (nSPS) is 24.3. The van der Waals surface area contributed by atoms with Gasteiger partial charge < -0.3 is 15.1 Å². The molecule has 0 unspecified atom stereocenters. The van der Waals surface area contributed by atoms with E-state index in [1.54, 1.807) is 4.90 Å². The van der Waals surface area contributed by atoms with Gasteiger partial charge in [-0.15, -0.1) is 0 Å². The molecule has 5 nitrogen and oxygen atoms in total. The Kier molecular flexibility index (Phi) is 5.74. The van der Waals surface area contributed by atoms with E-state index in [4.69, 9.17) is 0 Å². The minimum absolute atomic E-state index is 0.0220. The number of hydrogen-bond donors (Lipinski definition) is 1. The number of amides is 2. The summed E-state index contributed by atoms with van der Waals surface area (Å²) < 4.78 is 0. The third-order valence-corrected chi connectivity index (χ3v) is 5.56. The first-order chi connectivity index (χ1) is 12.1. The van der Waals surface area contributed by atoms with E-state index in [0.717, 1.165) is 32.5 Å². The minimum Gasteiger partial charge on any atom is -0.353 e. The summed E-state index contributed by atoms with van der Waals surface area (Å²) >= 11 is 0. The molecule has 3 rings (SSSR count). The lowest BCUT2D eigenvalue weighted by Crippen LogP contribution is -2.56. The lowest BCUT2D eigenvalue weighted by Gasteiger charge is -2.34. The molecule has 2 aliphatic heterocycles. The van der Waals surface area contributed by atoms with Crippen LogP contribution in [0.1, 0.15) is 49.4 Å². The molecule has 25 heavy (non-hydrogen) atoms. The molecule has 0 bridgehead atoms. The fraction of sp³-hybridized carbons (Fsp3) is 0.600. The van der Waals surface area contributed by atoms with Gasteiger partial charge in [0.2, 0.25) is 5.91 Å². The van der Waals surface area contributed by atoms with Gasteiger partial charge in [-0.2, -0.15) is 0 Å². The average Bonchev–Trinajstić information content (AvgIpc) is 3.05. The van der Waals surface area contributed by atoms with Gasteiger partial charge in [0.15, 0.2) is 0 Å². The molecule has 136 valence electrons. The summed E-state index contributed by atoms with van der Waals surface area (Å²) in [5, 5.41) is 3.07. The molecule has 2 aliphatic rings. The molecule has 1 atom stereocenters. The Morgan fingerprint density at radius 2 is 1.76 bits per heavy atom. The van der Waals surface area contributed by atoms with Gasteiger partial charge >= 0.3 is 0 Å². The Balaban J connectivity index is 1.58. The SMILES string of the molecule is C[C@@]1(C(=O)NCCN2CCCCC2)CCCN1C(=O)c1ccccc1. The Bertz CT molecular complexity index is 598. The Labute approximate surface area is 150 Å². The Hall–Kier alpha value is -1.88. The monoisotopic (exact) mass is 343 g/mol. The second-order valence-corrected chi connectivity index (χ2v) is 7.36. The van der Waals surface area contributed by atoms with Crippen molar-refractivity contribution in [2.45, 2.75) is 44.6 Å². The van der Waals surface area contributed by atoms with E-state index >= 15 is 0 Å². The van der Waals surface area contributed by atoms with E-state index < -0.39 is 5.54 Å². The Morgan fingerprint density at radius 1 is 1.04 bits per heavy atom. The van der Waals surface area contributed by atoms with E-state index in [2.05, 4.69) is 10.2 Å². The number of nitrogens with one attached hydrogen (secondary N) is 1. The van der Waals surface area contributed by atoms with E-state index in [0.29, 0.717) is 18.7 Å². The van der Waals surface area contributed by atoms with Gasteiger partial charge in [-0.1, -0.05) is 24.6 Å². The number of hydrogen-bond acceptors (Lipinski definition) is 3. The Morgan fingerprint density at radius 3 is 2.48 bits per heavy atom. The first-order valence-electron chi connectivity index (χ1n) is 9.49. The van der Waals surface area contributed by atoms with Gasteiger partial charge in [0, 0.05) is 25.2 Å². The van der Waals surface area contributed by atoms with Gasteiger partial charge in [0.05, 0.1) is 0 Å². The lowest BCUT2D eigenvalue weighted by molar-refractivity contribution is -0.129. The highest BCUT2D eigenvalue weighted by Crippen LogP contribution is 2.30. The van der Waals surface area contributed by atoms with Gasteiger partial charge in [-0.05, 0) is 57.8 Å². The molecule has 2 heterocycles. The third-order valence-electron chi connectivity index (χ3n) is 5.56. The number of nitrogens with zero attached hydrogens (tertiary/aromatic N) is 2. The predicted octanol–water partition coefficient (Wildman–Crippen LogP) is 2.28. The van der Waals surface area contributed by atoms with Crippen LogP contribution in [0.3, 0.4) is 0 Å². The largest absolute Gasteiger partial charge is 0.353 e. The van der Waals surface area contributed by atoms with Crippen molar-refractivity contribution in [1.29, 1.82) is 0 Å². The van der Waals surface area contributed by atoms with Crippen molar-refractivity contribution < 1.29 is 9.59 Å². The number of likely N-dealkylation sites (tertiary alicyclic amines) is 2. The maximum atomic E-state index is 12.8. The second kappa shape index (κ2) is 8.00. The molecule has 5 heteroatoms. The quantitative estimate of drug-likeness (QED) is 0.892. The van der Waals surface area contributed by atoms with Crippen LogP contribution in [-0.2, 0) is 4.79 Å². The van der Waals surface area contributed by atoms with Crippen molar-refractivity contribution in [3.8, 4) is 0 Å². The molecule has 1 aromatic rings. The van der Waals surface area contributed by atoms with Crippen molar-refractivity contribution in [2.75, 3.05) is 32.7 Å². The van der Waals surface area contributed by atoms with Crippen LogP contribution in [0.4, 0.5) is 0 Å². The molecule has 2 saturated heterocycles. The van der Waals surface area contributed by atoms with E-state index in [1.165, 1.54) is 19.3 Å². The molecular weight excluding hydrogens is 314 g/mol. The zero-order chi connectivity index (χ0) is 17.7. The van der Waals surface area contributed by atoms with Crippen LogP contribution in [0.2, 0.25) is 0 Å². The number of rotatable bonds is 5. The van der Waals surface area contributed by atoms with E-state index in [9.17, 15) is 9.59 Å². The number of carbonyl (C=O) groups is 2. The van der Waals surface area contributed by atoms with Crippen molar-refractivity contribution in [3.05, 3.63) is 35.9 Å². The molecule has 0 radical (unpaired) electrons. The van der Waals surface area contributed by atoms with Crippen molar-refractivity contribution >= 4 is 11.8 Å². The lowest BCUT2D eigenvalue weighted by atomic mass is 9.96. The number of carbonyl (C=O) groups excluding carboxylic acids is 2. The predicted molar refractivity (Wildman–Crippen MR) is 98.4 cm³/mol. The maximum Gasteiger partial charge on any atom is 0.254 e. The van der Waals surface area contributed by atoms with Crippen LogP contribution in [0.5, 0.6) is 0 Å².